The highest BCUT2D eigenvalue weighted by Gasteiger charge is 2.24. The molecule has 2 fully saturated rings. The predicted octanol–water partition coefficient (Wildman–Crippen LogP) is 7.91. The molecule has 2 saturated carbocycles. The molecule has 4 heterocycles. The fourth-order valence-electron chi connectivity index (χ4n) is 6.98. The number of aliphatic hydroxyl groups is 1. The number of hydrogen-bond acceptors (Lipinski definition) is 6. The van der Waals surface area contributed by atoms with E-state index in [1.807, 2.05) is 49.2 Å². The summed E-state index contributed by atoms with van der Waals surface area (Å²) in [7, 11) is 0. The summed E-state index contributed by atoms with van der Waals surface area (Å²) in [6.45, 7) is 13.0. The maximum Gasteiger partial charge on any atom is 0.162 e. The third-order valence-corrected chi connectivity index (χ3v) is 10.2. The van der Waals surface area contributed by atoms with E-state index < -0.39 is 11.9 Å². The van der Waals surface area contributed by atoms with Crippen LogP contribution in [0.15, 0.2) is 60.9 Å². The van der Waals surface area contributed by atoms with Crippen molar-refractivity contribution in [1.82, 2.24) is 39.1 Å². The molecule has 0 radical (unpaired) electrons. The van der Waals surface area contributed by atoms with E-state index in [4.69, 9.17) is 0 Å². The van der Waals surface area contributed by atoms with Crippen LogP contribution >= 0.6 is 0 Å². The van der Waals surface area contributed by atoms with E-state index in [1.165, 1.54) is 56.9 Å². The molecule has 8 rings (SSSR count). The Hall–Kier alpha value is -5.23. The normalized spacial score (nSPS) is 14.6. The van der Waals surface area contributed by atoms with Crippen LogP contribution in [0.2, 0.25) is 0 Å². The van der Waals surface area contributed by atoms with Crippen LogP contribution in [0, 0.1) is 51.2 Å². The molecule has 2 aromatic carbocycles. The van der Waals surface area contributed by atoms with E-state index in [0.29, 0.717) is 35.3 Å². The van der Waals surface area contributed by atoms with E-state index in [9.17, 15) is 18.7 Å². The lowest BCUT2D eigenvalue weighted by Crippen LogP contribution is -2.09. The van der Waals surface area contributed by atoms with Crippen LogP contribution < -0.4 is 0 Å². The molecule has 0 bridgehead atoms. The highest BCUT2D eigenvalue weighted by molar-refractivity contribution is 5.97. The molecule has 1 N–H and O–H groups in total. The number of benzene rings is 2. The van der Waals surface area contributed by atoms with Gasteiger partial charge in [0, 0.05) is 60.8 Å². The van der Waals surface area contributed by atoms with Crippen LogP contribution in [0.1, 0.15) is 107 Å². The Labute approximate surface area is 314 Å². The minimum absolute atomic E-state index is 0.183. The van der Waals surface area contributed by atoms with Crippen molar-refractivity contribution in [3.05, 3.63) is 129 Å². The summed E-state index contributed by atoms with van der Waals surface area (Å²) in [5.41, 5.74) is 10.2. The molecule has 6 aromatic rings. The van der Waals surface area contributed by atoms with E-state index in [-0.39, 0.29) is 11.6 Å². The van der Waals surface area contributed by atoms with E-state index in [0.717, 1.165) is 70.2 Å². The summed E-state index contributed by atoms with van der Waals surface area (Å²) in [5.74, 6) is 0.570. The number of aryl methyl sites for hydroxylation is 4. The van der Waals surface area contributed by atoms with Crippen molar-refractivity contribution in [2.45, 2.75) is 99.3 Å². The average Bonchev–Trinajstić information content (AvgIpc) is 3.97. The van der Waals surface area contributed by atoms with E-state index >= 15 is 0 Å². The fraction of sp³-hybridized carbons (Fsp3) is 0.405. The number of Topliss-reactive ketones (excluding diaryl/α,β-unsaturated/α-hetero) is 1. The van der Waals surface area contributed by atoms with Crippen LogP contribution in [0.4, 0.5) is 8.78 Å². The SMILES string of the molecule is CC(=O)c1cc(F)ccc1-n1nc(C)cc1Cc1cn(CC2CC2)nc1C.Cc1cc(Cc2cn(CC3CC3)nc2C)n(-c2ccc(F)cc2C(C)O)n1. The monoisotopic (exact) mass is 734 g/mol. The minimum atomic E-state index is -0.781. The highest BCUT2D eigenvalue weighted by atomic mass is 19.1. The van der Waals surface area contributed by atoms with Crippen molar-refractivity contribution in [2.75, 3.05) is 0 Å². The van der Waals surface area contributed by atoms with Crippen LogP contribution in [-0.4, -0.2) is 50.0 Å². The molecule has 282 valence electrons. The maximum absolute atomic E-state index is 13.7. The highest BCUT2D eigenvalue weighted by Crippen LogP contribution is 2.32. The molecule has 2 aliphatic rings. The Morgan fingerprint density at radius 2 is 1.19 bits per heavy atom. The predicted molar refractivity (Wildman–Crippen MR) is 202 cm³/mol. The molecule has 0 saturated heterocycles. The van der Waals surface area contributed by atoms with Crippen LogP contribution in [0.3, 0.4) is 0 Å². The number of carbonyl (C=O) groups excluding carboxylic acids is 1. The van der Waals surface area contributed by atoms with Crippen molar-refractivity contribution < 1.29 is 18.7 Å². The van der Waals surface area contributed by atoms with Crippen molar-refractivity contribution >= 4 is 5.78 Å². The maximum atomic E-state index is 13.7. The zero-order chi connectivity index (χ0) is 38.3. The smallest absolute Gasteiger partial charge is 0.162 e. The number of nitrogens with zero attached hydrogens (tertiary/aromatic N) is 8. The molecule has 0 spiro atoms. The van der Waals surface area contributed by atoms with Crippen molar-refractivity contribution in [2.24, 2.45) is 11.8 Å². The van der Waals surface area contributed by atoms with Gasteiger partial charge >= 0.3 is 0 Å². The number of aliphatic hydroxyl groups excluding tert-OH is 1. The first-order valence-electron chi connectivity index (χ1n) is 18.8. The zero-order valence-electron chi connectivity index (χ0n) is 31.9. The Balaban J connectivity index is 0.000000167. The van der Waals surface area contributed by atoms with Crippen LogP contribution in [0.5, 0.6) is 0 Å². The molecule has 0 aliphatic heterocycles. The van der Waals surface area contributed by atoms with Gasteiger partial charge in [0.05, 0.1) is 40.3 Å². The molecule has 10 nitrogen and oxygen atoms in total. The van der Waals surface area contributed by atoms with Gasteiger partial charge in [-0.2, -0.15) is 20.4 Å². The third-order valence-electron chi connectivity index (χ3n) is 10.2. The first-order valence-corrected chi connectivity index (χ1v) is 18.8. The first kappa shape index (κ1) is 37.1. The number of carbonyl (C=O) groups is 1. The summed E-state index contributed by atoms with van der Waals surface area (Å²) < 4.78 is 35.0. The van der Waals surface area contributed by atoms with Crippen LogP contribution in [-0.2, 0) is 25.9 Å². The molecule has 1 unspecified atom stereocenters. The van der Waals surface area contributed by atoms with Gasteiger partial charge in [0.25, 0.3) is 0 Å². The second-order valence-electron chi connectivity index (χ2n) is 15.1. The molecule has 1 atom stereocenters. The standard InChI is InChI=1S/C21H25FN4O.C21H23FN4O/c2*1-13-8-19(9-17-12-25(24-14(17)2)11-16-4-5-16)26(23-13)21-7-6-18(22)10-20(21)15(3)27/h6-8,10,12,15-16,27H,4-5,9,11H2,1-3H3;6-8,10,12,16H,4-5,9,11H2,1-3H3. The largest absolute Gasteiger partial charge is 0.389 e. The van der Waals surface area contributed by atoms with E-state index in [2.05, 4.69) is 37.5 Å². The molecule has 0 amide bonds. The summed E-state index contributed by atoms with van der Waals surface area (Å²) in [6, 6.07) is 12.7. The summed E-state index contributed by atoms with van der Waals surface area (Å²) in [6.07, 6.45) is 9.98. The van der Waals surface area contributed by atoms with Crippen molar-refractivity contribution in [3.8, 4) is 11.4 Å². The summed E-state index contributed by atoms with van der Waals surface area (Å²) >= 11 is 0. The molecular formula is C42H48F2N8O2. The first-order chi connectivity index (χ1) is 25.8. The number of halogens is 2. The molecule has 4 aromatic heterocycles. The Kier molecular flexibility index (Phi) is 10.5. The third kappa shape index (κ3) is 8.59. The fourth-order valence-corrected chi connectivity index (χ4v) is 6.98. The zero-order valence-corrected chi connectivity index (χ0v) is 31.9. The molecular weight excluding hydrogens is 687 g/mol. The number of hydrogen-bond donors (Lipinski definition) is 1. The number of rotatable bonds is 12. The van der Waals surface area contributed by atoms with Gasteiger partial charge in [0.15, 0.2) is 5.78 Å². The lowest BCUT2D eigenvalue weighted by atomic mass is 10.1. The van der Waals surface area contributed by atoms with Gasteiger partial charge < -0.3 is 5.11 Å². The van der Waals surface area contributed by atoms with Gasteiger partial charge in [0.2, 0.25) is 0 Å². The second-order valence-corrected chi connectivity index (χ2v) is 15.1. The van der Waals surface area contributed by atoms with Gasteiger partial charge in [-0.25, -0.2) is 18.1 Å². The quantitative estimate of drug-likeness (QED) is 0.128. The van der Waals surface area contributed by atoms with E-state index in [1.54, 1.807) is 23.7 Å². The number of ketones is 1. The van der Waals surface area contributed by atoms with Gasteiger partial charge in [-0.15, -0.1) is 0 Å². The van der Waals surface area contributed by atoms with Gasteiger partial charge in [-0.1, -0.05) is 0 Å². The van der Waals surface area contributed by atoms with Gasteiger partial charge in [0.1, 0.15) is 11.6 Å². The molecule has 2 aliphatic carbocycles. The lowest BCUT2D eigenvalue weighted by molar-refractivity contribution is 0.101. The summed E-state index contributed by atoms with van der Waals surface area (Å²) in [5, 5.41) is 28.5. The Morgan fingerprint density at radius 3 is 1.65 bits per heavy atom. The lowest BCUT2D eigenvalue weighted by Gasteiger charge is -2.14. The van der Waals surface area contributed by atoms with Gasteiger partial charge in [-0.05, 0) is 139 Å². The van der Waals surface area contributed by atoms with Crippen molar-refractivity contribution in [1.29, 1.82) is 0 Å². The minimum Gasteiger partial charge on any atom is -0.389 e. The number of aromatic nitrogens is 8. The van der Waals surface area contributed by atoms with Crippen LogP contribution in [0.25, 0.3) is 11.4 Å². The second kappa shape index (κ2) is 15.3. The Bertz CT molecular complexity index is 2300. The topological polar surface area (TPSA) is 109 Å². The average molecular weight is 735 g/mol. The molecule has 12 heteroatoms. The van der Waals surface area contributed by atoms with Crippen molar-refractivity contribution in [3.63, 3.8) is 0 Å². The Morgan fingerprint density at radius 1 is 0.722 bits per heavy atom. The molecule has 54 heavy (non-hydrogen) atoms. The summed E-state index contributed by atoms with van der Waals surface area (Å²) in [4.78, 5) is 12.0. The van der Waals surface area contributed by atoms with Gasteiger partial charge in [-0.3, -0.25) is 14.2 Å².